The summed E-state index contributed by atoms with van der Waals surface area (Å²) in [6.07, 6.45) is 3.38. The van der Waals surface area contributed by atoms with Crippen molar-refractivity contribution in [3.63, 3.8) is 0 Å². The number of aliphatic hydroxyl groups excluding tert-OH is 1. The Morgan fingerprint density at radius 2 is 2.18 bits per heavy atom. The standard InChI is InChI=1S/C8H18N2O/c1-2-7(3-4-11)5-8(10)6-9/h2,7-8,11H,1,3-6,9-10H2. The number of hydrogen-bond donors (Lipinski definition) is 3. The molecule has 0 bridgehead atoms. The molecule has 0 saturated carbocycles. The third kappa shape index (κ3) is 4.95. The second-order valence-corrected chi connectivity index (χ2v) is 2.74. The Morgan fingerprint density at radius 1 is 1.55 bits per heavy atom. The molecule has 11 heavy (non-hydrogen) atoms. The molecule has 2 atom stereocenters. The molecule has 0 radical (unpaired) electrons. The van der Waals surface area contributed by atoms with Crippen molar-refractivity contribution in [3.05, 3.63) is 12.7 Å². The van der Waals surface area contributed by atoms with Gasteiger partial charge in [-0.1, -0.05) is 6.08 Å². The van der Waals surface area contributed by atoms with E-state index in [2.05, 4.69) is 6.58 Å². The molecule has 3 nitrogen and oxygen atoms in total. The molecule has 5 N–H and O–H groups in total. The fraction of sp³-hybridized carbons (Fsp3) is 0.750. The molecule has 0 fully saturated rings. The molecule has 0 aliphatic heterocycles. The quantitative estimate of drug-likeness (QED) is 0.471. The third-order valence-corrected chi connectivity index (χ3v) is 1.74. The first kappa shape index (κ1) is 10.6. The average Bonchev–Trinajstić information content (AvgIpc) is 2.03. The van der Waals surface area contributed by atoms with Crippen LogP contribution in [0.15, 0.2) is 12.7 Å². The van der Waals surface area contributed by atoms with Gasteiger partial charge in [-0.05, 0) is 18.8 Å². The average molecular weight is 158 g/mol. The van der Waals surface area contributed by atoms with Crippen molar-refractivity contribution < 1.29 is 5.11 Å². The van der Waals surface area contributed by atoms with Crippen LogP contribution in [0.1, 0.15) is 12.8 Å². The Morgan fingerprint density at radius 3 is 2.55 bits per heavy atom. The smallest absolute Gasteiger partial charge is 0.0436 e. The third-order valence-electron chi connectivity index (χ3n) is 1.74. The van der Waals surface area contributed by atoms with E-state index in [1.807, 2.05) is 6.08 Å². The zero-order valence-electron chi connectivity index (χ0n) is 6.87. The second kappa shape index (κ2) is 6.34. The molecule has 0 aromatic rings. The molecule has 0 aliphatic rings. The van der Waals surface area contributed by atoms with Crippen LogP contribution in [0.3, 0.4) is 0 Å². The van der Waals surface area contributed by atoms with Crippen molar-refractivity contribution in [1.29, 1.82) is 0 Å². The lowest BCUT2D eigenvalue weighted by atomic mass is 9.97. The zero-order valence-corrected chi connectivity index (χ0v) is 6.87. The SMILES string of the molecule is C=CC(CCO)CC(N)CN. The summed E-state index contributed by atoms with van der Waals surface area (Å²) in [5.41, 5.74) is 11.0. The van der Waals surface area contributed by atoms with E-state index in [0.717, 1.165) is 12.8 Å². The van der Waals surface area contributed by atoms with Gasteiger partial charge in [-0.2, -0.15) is 0 Å². The van der Waals surface area contributed by atoms with Crippen LogP contribution in [0, 0.1) is 5.92 Å². The summed E-state index contributed by atoms with van der Waals surface area (Å²) >= 11 is 0. The number of rotatable bonds is 6. The van der Waals surface area contributed by atoms with E-state index in [9.17, 15) is 0 Å². The molecule has 0 saturated heterocycles. The highest BCUT2D eigenvalue weighted by Crippen LogP contribution is 2.10. The van der Waals surface area contributed by atoms with E-state index in [1.165, 1.54) is 0 Å². The van der Waals surface area contributed by atoms with Crippen molar-refractivity contribution in [2.24, 2.45) is 17.4 Å². The maximum Gasteiger partial charge on any atom is 0.0436 e. The Labute approximate surface area is 68.1 Å². The van der Waals surface area contributed by atoms with Gasteiger partial charge < -0.3 is 16.6 Å². The summed E-state index contributed by atoms with van der Waals surface area (Å²) in [4.78, 5) is 0. The van der Waals surface area contributed by atoms with Crippen molar-refractivity contribution in [1.82, 2.24) is 0 Å². The van der Waals surface area contributed by atoms with Gasteiger partial charge in [0.15, 0.2) is 0 Å². The van der Waals surface area contributed by atoms with Crippen LogP contribution in [0.4, 0.5) is 0 Å². The zero-order chi connectivity index (χ0) is 8.69. The highest BCUT2D eigenvalue weighted by atomic mass is 16.3. The molecule has 0 amide bonds. The summed E-state index contributed by atoms with van der Waals surface area (Å²) in [6.45, 7) is 4.34. The molecule has 0 spiro atoms. The van der Waals surface area contributed by atoms with Gasteiger partial charge in [0.1, 0.15) is 0 Å². The Hall–Kier alpha value is -0.380. The van der Waals surface area contributed by atoms with Gasteiger partial charge in [-0.3, -0.25) is 0 Å². The molecule has 2 unspecified atom stereocenters. The second-order valence-electron chi connectivity index (χ2n) is 2.74. The van der Waals surface area contributed by atoms with E-state index in [0.29, 0.717) is 12.5 Å². The number of allylic oxidation sites excluding steroid dienone is 1. The highest BCUT2D eigenvalue weighted by molar-refractivity contribution is 4.82. The fourth-order valence-electron chi connectivity index (χ4n) is 0.983. The maximum atomic E-state index is 8.63. The van der Waals surface area contributed by atoms with Gasteiger partial charge in [0.25, 0.3) is 0 Å². The molecular formula is C8H18N2O. The normalized spacial score (nSPS) is 15.9. The molecule has 0 rings (SSSR count). The van der Waals surface area contributed by atoms with Crippen molar-refractivity contribution in [2.75, 3.05) is 13.2 Å². The first-order chi connectivity index (χ1) is 5.24. The van der Waals surface area contributed by atoms with Gasteiger partial charge >= 0.3 is 0 Å². The van der Waals surface area contributed by atoms with Crippen LogP contribution in [0.5, 0.6) is 0 Å². The summed E-state index contributed by atoms with van der Waals surface area (Å²) in [6, 6.07) is 0.0320. The van der Waals surface area contributed by atoms with E-state index in [-0.39, 0.29) is 12.6 Å². The minimum absolute atomic E-state index is 0.0320. The highest BCUT2D eigenvalue weighted by Gasteiger charge is 2.07. The van der Waals surface area contributed by atoms with Crippen molar-refractivity contribution in [2.45, 2.75) is 18.9 Å². The monoisotopic (exact) mass is 158 g/mol. The van der Waals surface area contributed by atoms with Crippen molar-refractivity contribution >= 4 is 0 Å². The van der Waals surface area contributed by atoms with Crippen LogP contribution in [-0.2, 0) is 0 Å². The lowest BCUT2D eigenvalue weighted by Crippen LogP contribution is -2.31. The number of nitrogens with two attached hydrogens (primary N) is 2. The van der Waals surface area contributed by atoms with Crippen LogP contribution in [-0.4, -0.2) is 24.3 Å². The summed E-state index contributed by atoms with van der Waals surface area (Å²) in [5.74, 6) is 0.304. The fourth-order valence-corrected chi connectivity index (χ4v) is 0.983. The summed E-state index contributed by atoms with van der Waals surface area (Å²) < 4.78 is 0. The van der Waals surface area contributed by atoms with Gasteiger partial charge in [-0.15, -0.1) is 6.58 Å². The summed E-state index contributed by atoms with van der Waals surface area (Å²) in [7, 11) is 0. The molecule has 0 aromatic heterocycles. The van der Waals surface area contributed by atoms with Gasteiger partial charge in [0.05, 0.1) is 0 Å². The predicted molar refractivity (Wildman–Crippen MR) is 47.0 cm³/mol. The van der Waals surface area contributed by atoms with Gasteiger partial charge in [0, 0.05) is 19.2 Å². The first-order valence-electron chi connectivity index (χ1n) is 3.93. The molecule has 0 aromatic carbocycles. The first-order valence-corrected chi connectivity index (χ1v) is 3.93. The number of hydrogen-bond acceptors (Lipinski definition) is 3. The lowest BCUT2D eigenvalue weighted by Gasteiger charge is -2.14. The largest absolute Gasteiger partial charge is 0.396 e. The van der Waals surface area contributed by atoms with Gasteiger partial charge in [-0.25, -0.2) is 0 Å². The predicted octanol–water partition coefficient (Wildman–Crippen LogP) is -0.153. The van der Waals surface area contributed by atoms with Crippen LogP contribution >= 0.6 is 0 Å². The molecular weight excluding hydrogens is 140 g/mol. The van der Waals surface area contributed by atoms with E-state index in [4.69, 9.17) is 16.6 Å². The van der Waals surface area contributed by atoms with Gasteiger partial charge in [0.2, 0.25) is 0 Å². The molecule has 66 valence electrons. The topological polar surface area (TPSA) is 72.3 Å². The molecule has 0 aliphatic carbocycles. The Bertz CT molecular complexity index is 106. The van der Waals surface area contributed by atoms with E-state index in [1.54, 1.807) is 0 Å². The van der Waals surface area contributed by atoms with Crippen LogP contribution < -0.4 is 11.5 Å². The van der Waals surface area contributed by atoms with E-state index >= 15 is 0 Å². The number of aliphatic hydroxyl groups is 1. The summed E-state index contributed by atoms with van der Waals surface area (Å²) in [5, 5.41) is 8.63. The minimum Gasteiger partial charge on any atom is -0.396 e. The maximum absolute atomic E-state index is 8.63. The van der Waals surface area contributed by atoms with Crippen molar-refractivity contribution in [3.8, 4) is 0 Å². The lowest BCUT2D eigenvalue weighted by molar-refractivity contribution is 0.263. The minimum atomic E-state index is 0.0320. The Balaban J connectivity index is 3.58. The van der Waals surface area contributed by atoms with Crippen LogP contribution in [0.2, 0.25) is 0 Å². The van der Waals surface area contributed by atoms with Crippen LogP contribution in [0.25, 0.3) is 0 Å². The van der Waals surface area contributed by atoms with E-state index < -0.39 is 0 Å². The molecule has 3 heteroatoms. The molecule has 0 heterocycles. The Kier molecular flexibility index (Phi) is 6.12.